The van der Waals surface area contributed by atoms with Crippen molar-refractivity contribution >= 4 is 29.5 Å². The van der Waals surface area contributed by atoms with Gasteiger partial charge in [-0.1, -0.05) is 56.3 Å². The molecule has 0 saturated carbocycles. The highest BCUT2D eigenvalue weighted by atomic mass is 16.6. The summed E-state index contributed by atoms with van der Waals surface area (Å²) >= 11 is 0. The van der Waals surface area contributed by atoms with Crippen molar-refractivity contribution in [1.29, 1.82) is 0 Å². The van der Waals surface area contributed by atoms with Gasteiger partial charge in [0, 0.05) is 12.1 Å². The fourth-order valence-electron chi connectivity index (χ4n) is 3.40. The van der Waals surface area contributed by atoms with Gasteiger partial charge in [-0.05, 0) is 41.7 Å². The Balaban J connectivity index is 1.84. The zero-order valence-corrected chi connectivity index (χ0v) is 20.4. The summed E-state index contributed by atoms with van der Waals surface area (Å²) in [7, 11) is 0. The Morgan fingerprint density at radius 3 is 2.46 bits per heavy atom. The molecule has 2 amide bonds. The summed E-state index contributed by atoms with van der Waals surface area (Å²) in [6.07, 6.45) is 2.88. The zero-order valence-electron chi connectivity index (χ0n) is 20.4. The number of esters is 1. The van der Waals surface area contributed by atoms with Gasteiger partial charge in [-0.15, -0.1) is 0 Å². The Hall–Kier alpha value is -4.73. The molecule has 0 radical (unpaired) electrons. The van der Waals surface area contributed by atoms with E-state index in [4.69, 9.17) is 9.15 Å². The van der Waals surface area contributed by atoms with E-state index < -0.39 is 28.7 Å². The molecule has 0 bridgehead atoms. The number of nitro benzene ring substituents is 1. The van der Waals surface area contributed by atoms with Crippen molar-refractivity contribution in [3.8, 4) is 0 Å². The number of hydrogen-bond donors (Lipinski definition) is 2. The van der Waals surface area contributed by atoms with E-state index in [1.807, 2.05) is 44.2 Å². The average Bonchev–Trinajstić information content (AvgIpc) is 3.42. The van der Waals surface area contributed by atoms with Crippen LogP contribution in [0.4, 0.5) is 5.69 Å². The second kappa shape index (κ2) is 12.8. The molecule has 10 heteroatoms. The third-order valence-corrected chi connectivity index (χ3v) is 5.15. The fraction of sp³-hybridized carbons (Fsp3) is 0.222. The lowest BCUT2D eigenvalue weighted by molar-refractivity contribution is -0.384. The fourth-order valence-corrected chi connectivity index (χ4v) is 3.40. The van der Waals surface area contributed by atoms with Crippen molar-refractivity contribution in [1.82, 2.24) is 10.6 Å². The minimum absolute atomic E-state index is 0.0374. The van der Waals surface area contributed by atoms with Gasteiger partial charge in [-0.3, -0.25) is 19.7 Å². The molecule has 37 heavy (non-hydrogen) atoms. The average molecular weight is 506 g/mol. The molecule has 0 aliphatic heterocycles. The third-order valence-electron chi connectivity index (χ3n) is 5.15. The Morgan fingerprint density at radius 2 is 1.81 bits per heavy atom. The maximum atomic E-state index is 13.3. The molecule has 1 aromatic heterocycles. The number of amides is 2. The van der Waals surface area contributed by atoms with Crippen LogP contribution in [-0.4, -0.2) is 28.7 Å². The minimum atomic E-state index is -0.995. The number of nitrogens with zero attached hydrogens (tertiary/aromatic N) is 1. The van der Waals surface area contributed by atoms with E-state index in [1.165, 1.54) is 42.7 Å². The lowest BCUT2D eigenvalue weighted by Crippen LogP contribution is -2.45. The first-order chi connectivity index (χ1) is 17.7. The van der Waals surface area contributed by atoms with Crippen LogP contribution in [-0.2, 0) is 20.9 Å². The summed E-state index contributed by atoms with van der Waals surface area (Å²) in [6, 6.07) is 16.6. The number of furan rings is 1. The predicted octanol–water partition coefficient (Wildman–Crippen LogP) is 4.23. The first-order valence-corrected chi connectivity index (χ1v) is 11.6. The number of rotatable bonds is 11. The van der Waals surface area contributed by atoms with Gasteiger partial charge in [0.25, 0.3) is 17.5 Å². The van der Waals surface area contributed by atoms with Crippen molar-refractivity contribution < 1.29 is 28.5 Å². The molecule has 0 fully saturated rings. The van der Waals surface area contributed by atoms with Crippen LogP contribution in [0.15, 0.2) is 83.1 Å². The number of ether oxygens (including phenoxy) is 1. The summed E-state index contributed by atoms with van der Waals surface area (Å²) < 4.78 is 10.5. The number of benzene rings is 2. The van der Waals surface area contributed by atoms with Gasteiger partial charge in [0.15, 0.2) is 5.76 Å². The summed E-state index contributed by atoms with van der Waals surface area (Å²) in [6.45, 7) is 3.82. The predicted molar refractivity (Wildman–Crippen MR) is 135 cm³/mol. The minimum Gasteiger partial charge on any atom is -0.459 e. The van der Waals surface area contributed by atoms with Gasteiger partial charge in [0.2, 0.25) is 0 Å². The smallest absolute Gasteiger partial charge is 0.328 e. The summed E-state index contributed by atoms with van der Waals surface area (Å²) in [4.78, 5) is 49.4. The molecule has 0 spiro atoms. The summed E-state index contributed by atoms with van der Waals surface area (Å²) in [5.74, 6) is -2.11. The molecule has 1 heterocycles. The standard InChI is InChI=1S/C27H27N3O7/c1-18(2)14-23(27(33)37-17-19-8-4-3-5-9-19)29-25(31)22(28-26(32)24-12-7-13-36-24)16-20-10-6-11-21(15-20)30(34)35/h3-13,15-16,18,23H,14,17H2,1-2H3,(H,28,32)(H,29,31)/b22-16+/t23-/m0/s1. The Bertz CT molecular complexity index is 1270. The molecule has 0 aliphatic carbocycles. The van der Waals surface area contributed by atoms with Crippen LogP contribution in [0.5, 0.6) is 0 Å². The van der Waals surface area contributed by atoms with Gasteiger partial charge in [-0.25, -0.2) is 4.79 Å². The number of carbonyl (C=O) groups excluding carboxylic acids is 3. The van der Waals surface area contributed by atoms with E-state index in [1.54, 1.807) is 6.07 Å². The summed E-state index contributed by atoms with van der Waals surface area (Å²) in [5.41, 5.74) is 0.674. The number of non-ortho nitro benzene ring substituents is 1. The first-order valence-electron chi connectivity index (χ1n) is 11.6. The molecule has 3 aromatic rings. The molecule has 2 aromatic carbocycles. The SMILES string of the molecule is CC(C)C[C@H](NC(=O)/C(=C\c1cccc([N+](=O)[O-])c1)NC(=O)c1ccco1)C(=O)OCc1ccccc1. The van der Waals surface area contributed by atoms with E-state index >= 15 is 0 Å². The van der Waals surface area contributed by atoms with Crippen LogP contribution in [0.1, 0.15) is 41.9 Å². The molecule has 3 rings (SSSR count). The van der Waals surface area contributed by atoms with Gasteiger partial charge in [0.1, 0.15) is 18.3 Å². The van der Waals surface area contributed by atoms with E-state index in [9.17, 15) is 24.5 Å². The number of nitrogens with one attached hydrogen (secondary N) is 2. The molecule has 2 N–H and O–H groups in total. The maximum absolute atomic E-state index is 13.3. The molecule has 0 saturated heterocycles. The number of carbonyl (C=O) groups is 3. The van der Waals surface area contributed by atoms with E-state index in [2.05, 4.69) is 10.6 Å². The van der Waals surface area contributed by atoms with Crippen LogP contribution in [0, 0.1) is 16.0 Å². The van der Waals surface area contributed by atoms with Crippen LogP contribution in [0.2, 0.25) is 0 Å². The van der Waals surface area contributed by atoms with Crippen LogP contribution in [0.25, 0.3) is 6.08 Å². The topological polar surface area (TPSA) is 141 Å². The molecular weight excluding hydrogens is 478 g/mol. The zero-order chi connectivity index (χ0) is 26.8. The largest absolute Gasteiger partial charge is 0.459 e. The molecule has 10 nitrogen and oxygen atoms in total. The highest BCUT2D eigenvalue weighted by Crippen LogP contribution is 2.16. The van der Waals surface area contributed by atoms with Gasteiger partial charge in [0.05, 0.1) is 11.2 Å². The highest BCUT2D eigenvalue weighted by Gasteiger charge is 2.26. The lowest BCUT2D eigenvalue weighted by Gasteiger charge is -2.20. The Morgan fingerprint density at radius 1 is 1.05 bits per heavy atom. The number of hydrogen-bond acceptors (Lipinski definition) is 7. The van der Waals surface area contributed by atoms with Crippen LogP contribution in [0.3, 0.4) is 0 Å². The molecule has 0 unspecified atom stereocenters. The Labute approximate surface area is 213 Å². The molecular formula is C27H27N3O7. The van der Waals surface area contributed by atoms with Crippen LogP contribution < -0.4 is 10.6 Å². The second-order valence-electron chi connectivity index (χ2n) is 8.59. The van der Waals surface area contributed by atoms with Crippen molar-refractivity contribution in [2.24, 2.45) is 5.92 Å². The van der Waals surface area contributed by atoms with E-state index in [0.717, 1.165) is 5.56 Å². The van der Waals surface area contributed by atoms with Crippen LogP contribution >= 0.6 is 0 Å². The van der Waals surface area contributed by atoms with Gasteiger partial charge < -0.3 is 19.8 Å². The lowest BCUT2D eigenvalue weighted by atomic mass is 10.0. The second-order valence-corrected chi connectivity index (χ2v) is 8.59. The maximum Gasteiger partial charge on any atom is 0.328 e. The highest BCUT2D eigenvalue weighted by molar-refractivity contribution is 6.05. The molecule has 0 aliphatic rings. The van der Waals surface area contributed by atoms with E-state index in [-0.39, 0.29) is 36.1 Å². The van der Waals surface area contributed by atoms with Gasteiger partial charge in [-0.2, -0.15) is 0 Å². The van der Waals surface area contributed by atoms with E-state index in [0.29, 0.717) is 5.56 Å². The quantitative estimate of drug-likeness (QED) is 0.172. The van der Waals surface area contributed by atoms with Crippen molar-refractivity contribution in [3.63, 3.8) is 0 Å². The van der Waals surface area contributed by atoms with Crippen molar-refractivity contribution in [2.45, 2.75) is 32.9 Å². The molecule has 192 valence electrons. The summed E-state index contributed by atoms with van der Waals surface area (Å²) in [5, 5.41) is 16.3. The first kappa shape index (κ1) is 26.9. The van der Waals surface area contributed by atoms with Gasteiger partial charge >= 0.3 is 5.97 Å². The molecule has 1 atom stereocenters. The third kappa shape index (κ3) is 8.17. The normalized spacial score (nSPS) is 12.0. The monoisotopic (exact) mass is 505 g/mol. The Kier molecular flexibility index (Phi) is 9.31. The van der Waals surface area contributed by atoms with Crippen molar-refractivity contribution in [2.75, 3.05) is 0 Å². The van der Waals surface area contributed by atoms with Crippen molar-refractivity contribution in [3.05, 3.63) is 106 Å². The number of nitro groups is 1.